The molecule has 0 aromatic rings. The first-order valence-corrected chi connectivity index (χ1v) is 6.79. The molecule has 1 N–H and O–H groups in total. The molecule has 0 aromatic carbocycles. The number of alkyl halides is 1. The Labute approximate surface area is 90.8 Å². The largest absolute Gasteiger partial charge is 0.285 e. The fourth-order valence-electron chi connectivity index (χ4n) is 2.42. The van der Waals surface area contributed by atoms with E-state index in [-0.39, 0.29) is 18.3 Å². The van der Waals surface area contributed by atoms with E-state index in [2.05, 4.69) is 0 Å². The smallest absolute Gasteiger partial charge is 0.268 e. The van der Waals surface area contributed by atoms with Gasteiger partial charge in [-0.2, -0.15) is 8.42 Å². The van der Waals surface area contributed by atoms with Gasteiger partial charge in [0.25, 0.3) is 10.1 Å². The molecule has 1 rings (SSSR count). The lowest BCUT2D eigenvalue weighted by Crippen LogP contribution is -2.43. The van der Waals surface area contributed by atoms with Gasteiger partial charge >= 0.3 is 0 Å². The maximum Gasteiger partial charge on any atom is 0.268 e. The molecule has 0 saturated heterocycles. The van der Waals surface area contributed by atoms with Crippen LogP contribution in [0.25, 0.3) is 0 Å². The average Bonchev–Trinajstić information content (AvgIpc) is 2.00. The van der Waals surface area contributed by atoms with E-state index in [0.29, 0.717) is 12.8 Å². The minimum absolute atomic E-state index is 0.0886. The number of halogens is 1. The van der Waals surface area contributed by atoms with Crippen LogP contribution < -0.4 is 0 Å². The van der Waals surface area contributed by atoms with Crippen LogP contribution in [0.15, 0.2) is 0 Å². The Balaban J connectivity index is 2.94. The van der Waals surface area contributed by atoms with Crippen LogP contribution in [-0.2, 0) is 10.1 Å². The molecule has 0 aromatic heterocycles. The average molecular weight is 238 g/mol. The molecule has 1 aliphatic rings. The molecule has 3 atom stereocenters. The minimum Gasteiger partial charge on any atom is -0.285 e. The molecule has 3 nitrogen and oxygen atoms in total. The molecule has 0 heterocycles. The number of hydrogen-bond donors (Lipinski definition) is 1. The van der Waals surface area contributed by atoms with Crippen molar-refractivity contribution >= 4 is 10.1 Å². The summed E-state index contributed by atoms with van der Waals surface area (Å²) in [5.41, 5.74) is -1.47. The Kier molecular flexibility index (Phi) is 3.45. The van der Waals surface area contributed by atoms with Gasteiger partial charge in [-0.1, -0.05) is 13.8 Å². The summed E-state index contributed by atoms with van der Waals surface area (Å²) in [6, 6.07) is 0. The second kappa shape index (κ2) is 4.01. The van der Waals surface area contributed by atoms with Crippen LogP contribution in [0.4, 0.5) is 4.39 Å². The summed E-state index contributed by atoms with van der Waals surface area (Å²) in [6.07, 6.45) is 0.811. The third kappa shape index (κ3) is 3.14. The van der Waals surface area contributed by atoms with Crippen molar-refractivity contribution in [2.24, 2.45) is 11.8 Å². The highest BCUT2D eigenvalue weighted by atomic mass is 32.2. The first-order valence-electron chi connectivity index (χ1n) is 5.29. The summed E-state index contributed by atoms with van der Waals surface area (Å²) in [7, 11) is -4.13. The normalized spacial score (nSPS) is 38.3. The van der Waals surface area contributed by atoms with Crippen molar-refractivity contribution in [2.45, 2.75) is 51.0 Å². The first-order chi connectivity index (χ1) is 6.63. The predicted molar refractivity (Wildman–Crippen MR) is 57.0 cm³/mol. The predicted octanol–water partition coefficient (Wildman–Crippen LogP) is 2.43. The van der Waals surface area contributed by atoms with Gasteiger partial charge in [0, 0.05) is 6.42 Å². The Morgan fingerprint density at radius 1 is 1.47 bits per heavy atom. The van der Waals surface area contributed by atoms with E-state index in [1.807, 2.05) is 13.8 Å². The van der Waals surface area contributed by atoms with E-state index < -0.39 is 21.0 Å². The maximum atomic E-state index is 13.7. The molecule has 0 radical (unpaired) electrons. The topological polar surface area (TPSA) is 54.4 Å². The first kappa shape index (κ1) is 12.9. The SMILES string of the molecule is CC(C)C1CCC(C)(F)CC1S(=O)(=O)O. The Bertz CT molecular complexity index is 322. The van der Waals surface area contributed by atoms with E-state index in [9.17, 15) is 12.8 Å². The monoisotopic (exact) mass is 238 g/mol. The van der Waals surface area contributed by atoms with Gasteiger partial charge in [0.05, 0.1) is 5.25 Å². The lowest BCUT2D eigenvalue weighted by molar-refractivity contribution is 0.0894. The van der Waals surface area contributed by atoms with E-state index in [4.69, 9.17) is 4.55 Å². The van der Waals surface area contributed by atoms with Crippen LogP contribution in [0.5, 0.6) is 0 Å². The van der Waals surface area contributed by atoms with E-state index >= 15 is 0 Å². The molecule has 0 amide bonds. The van der Waals surface area contributed by atoms with Crippen molar-refractivity contribution in [1.29, 1.82) is 0 Å². The quantitative estimate of drug-likeness (QED) is 0.752. The molecule has 1 saturated carbocycles. The maximum absolute atomic E-state index is 13.7. The zero-order valence-corrected chi connectivity index (χ0v) is 10.2. The van der Waals surface area contributed by atoms with Crippen molar-refractivity contribution in [1.82, 2.24) is 0 Å². The minimum atomic E-state index is -4.13. The summed E-state index contributed by atoms with van der Waals surface area (Å²) in [4.78, 5) is 0. The molecular weight excluding hydrogens is 219 g/mol. The molecule has 5 heteroatoms. The highest BCUT2D eigenvalue weighted by Crippen LogP contribution is 2.40. The lowest BCUT2D eigenvalue weighted by Gasteiger charge is -2.38. The third-order valence-corrected chi connectivity index (χ3v) is 4.62. The number of rotatable bonds is 2. The summed E-state index contributed by atoms with van der Waals surface area (Å²) in [5.74, 6) is 0.0110. The van der Waals surface area contributed by atoms with E-state index in [0.717, 1.165) is 0 Å². The molecule has 1 fully saturated rings. The van der Waals surface area contributed by atoms with Gasteiger partial charge in [-0.15, -0.1) is 0 Å². The van der Waals surface area contributed by atoms with Crippen LogP contribution in [0.3, 0.4) is 0 Å². The van der Waals surface area contributed by atoms with Gasteiger partial charge in [0.2, 0.25) is 0 Å². The van der Waals surface area contributed by atoms with Gasteiger partial charge in [0.15, 0.2) is 0 Å². The third-order valence-electron chi connectivity index (χ3n) is 3.34. The van der Waals surface area contributed by atoms with Crippen molar-refractivity contribution < 1.29 is 17.4 Å². The molecule has 15 heavy (non-hydrogen) atoms. The van der Waals surface area contributed by atoms with E-state index in [1.54, 1.807) is 0 Å². The Morgan fingerprint density at radius 2 is 2.00 bits per heavy atom. The molecule has 1 aliphatic carbocycles. The van der Waals surface area contributed by atoms with Crippen LogP contribution in [0, 0.1) is 11.8 Å². The highest BCUT2D eigenvalue weighted by Gasteiger charge is 2.44. The molecule has 0 bridgehead atoms. The zero-order chi connectivity index (χ0) is 11.9. The van der Waals surface area contributed by atoms with E-state index in [1.165, 1.54) is 6.92 Å². The van der Waals surface area contributed by atoms with Gasteiger partial charge in [-0.05, 0) is 31.6 Å². The number of hydrogen-bond acceptors (Lipinski definition) is 2. The fraction of sp³-hybridized carbons (Fsp3) is 1.00. The molecule has 90 valence electrons. The Hall–Kier alpha value is -0.160. The summed E-state index contributed by atoms with van der Waals surface area (Å²) >= 11 is 0. The second-order valence-electron chi connectivity index (χ2n) is 5.12. The van der Waals surface area contributed by atoms with Crippen molar-refractivity contribution in [3.8, 4) is 0 Å². The second-order valence-corrected chi connectivity index (χ2v) is 6.75. The fourth-order valence-corrected chi connectivity index (χ4v) is 3.87. The van der Waals surface area contributed by atoms with Gasteiger partial charge in [-0.25, -0.2) is 4.39 Å². The van der Waals surface area contributed by atoms with Crippen molar-refractivity contribution in [3.05, 3.63) is 0 Å². The van der Waals surface area contributed by atoms with Gasteiger partial charge in [-0.3, -0.25) is 4.55 Å². The Morgan fingerprint density at radius 3 is 2.40 bits per heavy atom. The van der Waals surface area contributed by atoms with Crippen LogP contribution in [-0.4, -0.2) is 23.9 Å². The molecule has 3 unspecified atom stereocenters. The van der Waals surface area contributed by atoms with Crippen LogP contribution in [0.2, 0.25) is 0 Å². The standard InChI is InChI=1S/C10H19FO3S/c1-7(2)8-4-5-10(3,11)6-9(8)15(12,13)14/h7-9H,4-6H2,1-3H3,(H,12,13,14). The highest BCUT2D eigenvalue weighted by molar-refractivity contribution is 7.86. The molecule has 0 aliphatic heterocycles. The lowest BCUT2D eigenvalue weighted by atomic mass is 9.76. The van der Waals surface area contributed by atoms with Crippen molar-refractivity contribution in [3.63, 3.8) is 0 Å². The van der Waals surface area contributed by atoms with Gasteiger partial charge in [0.1, 0.15) is 5.67 Å². The molecular formula is C10H19FO3S. The van der Waals surface area contributed by atoms with Gasteiger partial charge < -0.3 is 0 Å². The molecule has 0 spiro atoms. The van der Waals surface area contributed by atoms with Crippen LogP contribution >= 0.6 is 0 Å². The van der Waals surface area contributed by atoms with Crippen LogP contribution in [0.1, 0.15) is 40.0 Å². The van der Waals surface area contributed by atoms with Crippen molar-refractivity contribution in [2.75, 3.05) is 0 Å². The summed E-state index contributed by atoms with van der Waals surface area (Å²) in [6.45, 7) is 5.22. The summed E-state index contributed by atoms with van der Waals surface area (Å²) in [5, 5.41) is -0.943. The summed E-state index contributed by atoms with van der Waals surface area (Å²) < 4.78 is 45.2. The zero-order valence-electron chi connectivity index (χ0n) is 9.40.